The second-order valence-corrected chi connectivity index (χ2v) is 7.98. The van der Waals surface area contributed by atoms with Crippen molar-refractivity contribution in [2.75, 3.05) is 27.2 Å². The molecule has 0 unspecified atom stereocenters. The first kappa shape index (κ1) is 22.8. The lowest BCUT2D eigenvalue weighted by atomic mass is 9.92. The number of amides is 1. The lowest BCUT2D eigenvalue weighted by Gasteiger charge is -2.24. The van der Waals surface area contributed by atoms with E-state index in [4.69, 9.17) is 14.5 Å². The Morgan fingerprint density at radius 2 is 1.97 bits per heavy atom. The van der Waals surface area contributed by atoms with Gasteiger partial charge in [-0.3, -0.25) is 4.79 Å². The molecule has 162 valence electrons. The lowest BCUT2D eigenvalue weighted by Crippen LogP contribution is -2.47. The highest BCUT2D eigenvalue weighted by Gasteiger charge is 2.26. The van der Waals surface area contributed by atoms with E-state index in [1.54, 1.807) is 14.2 Å². The van der Waals surface area contributed by atoms with E-state index in [9.17, 15) is 4.79 Å². The minimum atomic E-state index is -0.544. The smallest absolute Gasteiger partial charge is 0.227 e. The number of nitrogens with one attached hydrogen (secondary N) is 3. The van der Waals surface area contributed by atoms with Crippen molar-refractivity contribution >= 4 is 11.9 Å². The highest BCUT2D eigenvalue weighted by atomic mass is 16.5. The van der Waals surface area contributed by atoms with Gasteiger partial charge in [0.15, 0.2) is 17.5 Å². The lowest BCUT2D eigenvalue weighted by molar-refractivity contribution is -0.128. The monoisotopic (exact) mass is 404 g/mol. The second kappa shape index (κ2) is 10.9. The van der Waals surface area contributed by atoms with Gasteiger partial charge in [-0.2, -0.15) is 0 Å². The van der Waals surface area contributed by atoms with Crippen molar-refractivity contribution < 1.29 is 14.3 Å². The maximum atomic E-state index is 12.0. The molecule has 0 aliphatic heterocycles. The van der Waals surface area contributed by atoms with Gasteiger partial charge in [0.25, 0.3) is 0 Å². The Hall–Kier alpha value is -2.44. The summed E-state index contributed by atoms with van der Waals surface area (Å²) in [6.07, 6.45) is 4.83. The Morgan fingerprint density at radius 3 is 2.59 bits per heavy atom. The van der Waals surface area contributed by atoms with Gasteiger partial charge >= 0.3 is 0 Å². The van der Waals surface area contributed by atoms with Crippen molar-refractivity contribution in [2.45, 2.75) is 59.1 Å². The van der Waals surface area contributed by atoms with Crippen LogP contribution >= 0.6 is 0 Å². The number of methoxy groups -OCH3 is 1. The van der Waals surface area contributed by atoms with E-state index in [1.165, 1.54) is 12.8 Å². The van der Waals surface area contributed by atoms with E-state index in [1.807, 2.05) is 39.0 Å². The van der Waals surface area contributed by atoms with Gasteiger partial charge in [-0.05, 0) is 52.5 Å². The third-order valence-electron chi connectivity index (χ3n) is 5.16. The Balaban J connectivity index is 2.14. The van der Waals surface area contributed by atoms with Crippen LogP contribution in [-0.2, 0) is 11.3 Å². The van der Waals surface area contributed by atoms with Crippen LogP contribution in [0.1, 0.15) is 52.0 Å². The molecule has 0 bridgehead atoms. The summed E-state index contributed by atoms with van der Waals surface area (Å²) < 4.78 is 11.8. The van der Waals surface area contributed by atoms with E-state index in [-0.39, 0.29) is 12.0 Å². The summed E-state index contributed by atoms with van der Waals surface area (Å²) in [5.41, 5.74) is 0.441. The van der Waals surface area contributed by atoms with Gasteiger partial charge in [-0.15, -0.1) is 0 Å². The molecule has 0 radical (unpaired) electrons. The summed E-state index contributed by atoms with van der Waals surface area (Å²) in [5.74, 6) is 2.18. The minimum absolute atomic E-state index is 0.0131. The van der Waals surface area contributed by atoms with Crippen LogP contribution in [0.2, 0.25) is 0 Å². The van der Waals surface area contributed by atoms with Crippen LogP contribution in [0.15, 0.2) is 23.2 Å². The van der Waals surface area contributed by atoms with Crippen LogP contribution in [-0.4, -0.2) is 45.2 Å². The first-order chi connectivity index (χ1) is 13.9. The van der Waals surface area contributed by atoms with Crippen molar-refractivity contribution in [2.24, 2.45) is 10.4 Å². The zero-order valence-electron chi connectivity index (χ0n) is 18.4. The van der Waals surface area contributed by atoms with Crippen LogP contribution in [0.25, 0.3) is 0 Å². The van der Waals surface area contributed by atoms with Gasteiger partial charge in [-0.1, -0.05) is 12.1 Å². The highest BCUT2D eigenvalue weighted by Crippen LogP contribution is 2.35. The number of hydrogen-bond donors (Lipinski definition) is 3. The van der Waals surface area contributed by atoms with Crippen molar-refractivity contribution in [3.8, 4) is 11.5 Å². The van der Waals surface area contributed by atoms with Crippen molar-refractivity contribution in [3.05, 3.63) is 23.8 Å². The molecule has 1 amide bonds. The summed E-state index contributed by atoms with van der Waals surface area (Å²) in [7, 11) is 3.31. The molecule has 0 atom stereocenters. The maximum absolute atomic E-state index is 12.0. The minimum Gasteiger partial charge on any atom is -0.493 e. The summed E-state index contributed by atoms with van der Waals surface area (Å²) in [6.45, 7) is 7.48. The molecule has 7 heteroatoms. The van der Waals surface area contributed by atoms with Crippen molar-refractivity contribution in [3.63, 3.8) is 0 Å². The fourth-order valence-corrected chi connectivity index (χ4v) is 3.38. The first-order valence-electron chi connectivity index (χ1n) is 10.5. The zero-order valence-corrected chi connectivity index (χ0v) is 18.4. The predicted molar refractivity (Wildman–Crippen MR) is 117 cm³/mol. The third kappa shape index (κ3) is 6.54. The Labute approximate surface area is 174 Å². The molecule has 2 rings (SSSR count). The number of ether oxygens (including phenoxy) is 2. The first-order valence-corrected chi connectivity index (χ1v) is 10.5. The Morgan fingerprint density at radius 1 is 1.24 bits per heavy atom. The molecule has 0 saturated heterocycles. The normalized spacial score (nSPS) is 15.1. The molecule has 0 aromatic heterocycles. The topological polar surface area (TPSA) is 84.0 Å². The van der Waals surface area contributed by atoms with E-state index >= 15 is 0 Å². The molecule has 1 aromatic rings. The average Bonchev–Trinajstić information content (AvgIpc) is 3.23. The number of para-hydroxylation sites is 1. The van der Waals surface area contributed by atoms with Crippen LogP contribution in [0, 0.1) is 5.41 Å². The summed E-state index contributed by atoms with van der Waals surface area (Å²) in [6, 6.07) is 5.90. The number of carbonyl (C=O) groups is 1. The zero-order chi connectivity index (χ0) is 21.3. The van der Waals surface area contributed by atoms with E-state index in [2.05, 4.69) is 16.0 Å². The molecule has 7 nitrogen and oxygen atoms in total. The van der Waals surface area contributed by atoms with Gasteiger partial charge in [0, 0.05) is 25.7 Å². The standard InChI is InChI=1S/C22H36N4O3/c1-6-24-21(26-15-22(2,3)20(27)23-4)25-14-16-10-9-13-18(28-5)19(16)29-17-11-7-8-12-17/h9-10,13,17H,6-8,11-12,14-15H2,1-5H3,(H,23,27)(H2,24,25,26). The number of benzene rings is 1. The molecule has 1 saturated carbocycles. The molecule has 29 heavy (non-hydrogen) atoms. The Kier molecular flexibility index (Phi) is 8.61. The van der Waals surface area contributed by atoms with Gasteiger partial charge in [0.2, 0.25) is 5.91 Å². The van der Waals surface area contributed by atoms with E-state index < -0.39 is 5.41 Å². The molecular formula is C22H36N4O3. The molecule has 0 heterocycles. The third-order valence-corrected chi connectivity index (χ3v) is 5.16. The number of rotatable bonds is 9. The summed E-state index contributed by atoms with van der Waals surface area (Å²) >= 11 is 0. The summed E-state index contributed by atoms with van der Waals surface area (Å²) in [5, 5.41) is 9.22. The highest BCUT2D eigenvalue weighted by molar-refractivity contribution is 5.84. The van der Waals surface area contributed by atoms with Crippen LogP contribution < -0.4 is 25.4 Å². The molecule has 0 spiro atoms. The predicted octanol–water partition coefficient (Wildman–Crippen LogP) is 2.84. The number of hydrogen-bond acceptors (Lipinski definition) is 4. The van der Waals surface area contributed by atoms with Gasteiger partial charge in [-0.25, -0.2) is 4.99 Å². The fraction of sp³-hybridized carbons (Fsp3) is 0.636. The fourth-order valence-electron chi connectivity index (χ4n) is 3.38. The van der Waals surface area contributed by atoms with E-state index in [0.717, 1.165) is 36.4 Å². The van der Waals surface area contributed by atoms with Gasteiger partial charge in [0.1, 0.15) is 0 Å². The number of guanidine groups is 1. The van der Waals surface area contributed by atoms with Crippen LogP contribution in [0.3, 0.4) is 0 Å². The molecule has 1 fully saturated rings. The van der Waals surface area contributed by atoms with Crippen molar-refractivity contribution in [1.82, 2.24) is 16.0 Å². The van der Waals surface area contributed by atoms with Crippen LogP contribution in [0.4, 0.5) is 0 Å². The molecule has 1 aromatic carbocycles. The number of carbonyl (C=O) groups excluding carboxylic acids is 1. The molecule has 1 aliphatic rings. The van der Waals surface area contributed by atoms with Gasteiger partial charge in [0.05, 0.1) is 25.2 Å². The number of nitrogens with zero attached hydrogens (tertiary/aromatic N) is 1. The van der Waals surface area contributed by atoms with E-state index in [0.29, 0.717) is 19.0 Å². The molecule has 3 N–H and O–H groups in total. The van der Waals surface area contributed by atoms with Crippen LogP contribution in [0.5, 0.6) is 11.5 Å². The van der Waals surface area contributed by atoms with Gasteiger partial charge < -0.3 is 25.4 Å². The molecular weight excluding hydrogens is 368 g/mol. The quantitative estimate of drug-likeness (QED) is 0.435. The SMILES string of the molecule is CCNC(=NCc1cccc(OC)c1OC1CCCC1)NCC(C)(C)C(=O)NC. The van der Waals surface area contributed by atoms with Crippen molar-refractivity contribution in [1.29, 1.82) is 0 Å². The molecule has 1 aliphatic carbocycles. The largest absolute Gasteiger partial charge is 0.493 e. The second-order valence-electron chi connectivity index (χ2n) is 7.98. The summed E-state index contributed by atoms with van der Waals surface area (Å²) in [4.78, 5) is 16.7. The number of aliphatic imine (C=N–C) groups is 1. The Bertz CT molecular complexity index is 697. The maximum Gasteiger partial charge on any atom is 0.227 e. The average molecular weight is 405 g/mol.